The molecule has 5 nitrogen and oxygen atoms in total. The Hall–Kier alpha value is -0.470. The topological polar surface area (TPSA) is 75.6 Å². The molecule has 106 valence electrons. The first-order chi connectivity index (χ1) is 8.85. The number of rotatable bonds is 4. The molecule has 0 amide bonds. The van der Waals surface area contributed by atoms with Gasteiger partial charge < -0.3 is 9.84 Å². The number of aliphatic hydroxyl groups is 1. The zero-order valence-corrected chi connectivity index (χ0v) is 12.9. The highest BCUT2D eigenvalue weighted by atomic mass is 79.9. The minimum atomic E-state index is -3.65. The largest absolute Gasteiger partial charge is 0.386 e. The smallest absolute Gasteiger partial charge is 0.241 e. The molecule has 0 bridgehead atoms. The van der Waals surface area contributed by atoms with E-state index in [9.17, 15) is 13.5 Å². The molecule has 0 aliphatic carbocycles. The monoisotopic (exact) mass is 349 g/mol. The van der Waals surface area contributed by atoms with Gasteiger partial charge in [0.2, 0.25) is 10.0 Å². The van der Waals surface area contributed by atoms with E-state index >= 15 is 0 Å². The molecule has 2 unspecified atom stereocenters. The lowest BCUT2D eigenvalue weighted by molar-refractivity contribution is -0.0228. The Kier molecular flexibility index (Phi) is 4.32. The summed E-state index contributed by atoms with van der Waals surface area (Å²) >= 11 is 3.20. The van der Waals surface area contributed by atoms with Crippen molar-refractivity contribution in [1.29, 1.82) is 0 Å². The Balaban J connectivity index is 2.13. The average Bonchev–Trinajstić information content (AvgIpc) is 2.68. The molecule has 1 aliphatic heterocycles. The summed E-state index contributed by atoms with van der Waals surface area (Å²) in [4.78, 5) is 0.158. The van der Waals surface area contributed by atoms with Crippen molar-refractivity contribution >= 4 is 26.0 Å². The van der Waals surface area contributed by atoms with E-state index in [4.69, 9.17) is 4.74 Å². The van der Waals surface area contributed by atoms with Crippen LogP contribution in [-0.2, 0) is 14.8 Å². The average molecular weight is 350 g/mol. The number of hydrogen-bond acceptors (Lipinski definition) is 4. The van der Waals surface area contributed by atoms with E-state index in [1.165, 1.54) is 6.07 Å². The summed E-state index contributed by atoms with van der Waals surface area (Å²) in [6.45, 7) is 2.12. The lowest BCUT2D eigenvalue weighted by Crippen LogP contribution is -2.47. The lowest BCUT2D eigenvalue weighted by atomic mass is 9.97. The predicted octanol–water partition coefficient (Wildman–Crippen LogP) is 1.27. The summed E-state index contributed by atoms with van der Waals surface area (Å²) in [5, 5.41) is 10.3. The predicted molar refractivity (Wildman–Crippen MR) is 74.3 cm³/mol. The maximum absolute atomic E-state index is 12.2. The van der Waals surface area contributed by atoms with Crippen molar-refractivity contribution < 1.29 is 18.3 Å². The minimum absolute atomic E-state index is 0.0577. The van der Waals surface area contributed by atoms with E-state index in [-0.39, 0.29) is 17.5 Å². The van der Waals surface area contributed by atoms with Crippen molar-refractivity contribution in [2.75, 3.05) is 13.2 Å². The summed E-state index contributed by atoms with van der Waals surface area (Å²) in [7, 11) is -3.65. The molecule has 1 aliphatic rings. The van der Waals surface area contributed by atoms with Gasteiger partial charge in [-0.3, -0.25) is 0 Å². The molecule has 1 saturated heterocycles. The Labute approximate surface area is 121 Å². The zero-order valence-electron chi connectivity index (χ0n) is 10.5. The highest BCUT2D eigenvalue weighted by molar-refractivity contribution is 9.10. The molecule has 0 aromatic heterocycles. The van der Waals surface area contributed by atoms with Crippen molar-refractivity contribution in [2.24, 2.45) is 0 Å². The molecular weight excluding hydrogens is 334 g/mol. The third-order valence-corrected chi connectivity index (χ3v) is 5.77. The third-order valence-electron chi connectivity index (χ3n) is 3.35. The summed E-state index contributed by atoms with van der Waals surface area (Å²) in [5.41, 5.74) is -1.14. The van der Waals surface area contributed by atoms with Crippen molar-refractivity contribution in [3.8, 4) is 0 Å². The molecule has 19 heavy (non-hydrogen) atoms. The molecule has 1 aromatic rings. The van der Waals surface area contributed by atoms with Gasteiger partial charge >= 0.3 is 0 Å². The molecule has 1 aromatic carbocycles. The van der Waals surface area contributed by atoms with Crippen LogP contribution in [0.15, 0.2) is 33.6 Å². The minimum Gasteiger partial charge on any atom is -0.386 e. The quantitative estimate of drug-likeness (QED) is 0.858. The Bertz CT molecular complexity index is 563. The molecule has 1 heterocycles. The maximum atomic E-state index is 12.2. The van der Waals surface area contributed by atoms with Gasteiger partial charge in [0.25, 0.3) is 0 Å². The summed E-state index contributed by atoms with van der Waals surface area (Å²) in [6.07, 6.45) is 0.0431. The summed E-state index contributed by atoms with van der Waals surface area (Å²) in [6, 6.07) is 6.55. The van der Waals surface area contributed by atoms with Crippen LogP contribution in [0.3, 0.4) is 0 Å². The fourth-order valence-corrected chi connectivity index (χ4v) is 4.07. The molecule has 1 fully saturated rings. The first-order valence-electron chi connectivity index (χ1n) is 5.93. The van der Waals surface area contributed by atoms with Gasteiger partial charge in [-0.05, 0) is 35.0 Å². The second-order valence-electron chi connectivity index (χ2n) is 4.62. The van der Waals surface area contributed by atoms with Gasteiger partial charge in [0.05, 0.1) is 11.0 Å². The summed E-state index contributed by atoms with van der Waals surface area (Å²) in [5.74, 6) is 0. The third kappa shape index (κ3) is 3.17. The second kappa shape index (κ2) is 5.49. The van der Waals surface area contributed by atoms with Crippen LogP contribution >= 0.6 is 15.9 Å². The van der Waals surface area contributed by atoms with Crippen LogP contribution in [0.5, 0.6) is 0 Å². The van der Waals surface area contributed by atoms with E-state index < -0.39 is 15.6 Å². The molecule has 0 radical (unpaired) electrons. The number of halogens is 1. The van der Waals surface area contributed by atoms with Crippen LogP contribution in [0.25, 0.3) is 0 Å². The highest BCUT2D eigenvalue weighted by Gasteiger charge is 2.40. The van der Waals surface area contributed by atoms with Gasteiger partial charge in [0.1, 0.15) is 5.60 Å². The number of hydrogen-bond donors (Lipinski definition) is 2. The van der Waals surface area contributed by atoms with Gasteiger partial charge in [0, 0.05) is 24.0 Å². The van der Waals surface area contributed by atoms with Gasteiger partial charge in [-0.2, -0.15) is 0 Å². The van der Waals surface area contributed by atoms with Crippen molar-refractivity contribution in [3.05, 3.63) is 28.7 Å². The van der Waals surface area contributed by atoms with Crippen LogP contribution in [0.1, 0.15) is 13.3 Å². The highest BCUT2D eigenvalue weighted by Crippen LogP contribution is 2.26. The first kappa shape index (κ1) is 14.9. The normalized spacial score (nSPS) is 27.6. The van der Waals surface area contributed by atoms with Gasteiger partial charge in [-0.1, -0.05) is 12.1 Å². The number of nitrogens with one attached hydrogen (secondary N) is 1. The van der Waals surface area contributed by atoms with Crippen LogP contribution in [-0.4, -0.2) is 38.4 Å². The van der Waals surface area contributed by atoms with E-state index in [1.807, 2.05) is 0 Å². The van der Waals surface area contributed by atoms with Crippen LogP contribution in [0.4, 0.5) is 0 Å². The first-order valence-corrected chi connectivity index (χ1v) is 8.21. The van der Waals surface area contributed by atoms with E-state index in [0.29, 0.717) is 17.5 Å². The summed E-state index contributed by atoms with van der Waals surface area (Å²) < 4.78 is 32.5. The van der Waals surface area contributed by atoms with Gasteiger partial charge in [-0.15, -0.1) is 0 Å². The molecule has 7 heteroatoms. The van der Waals surface area contributed by atoms with Crippen LogP contribution < -0.4 is 4.72 Å². The molecule has 0 spiro atoms. The Morgan fingerprint density at radius 1 is 1.53 bits per heavy atom. The molecule has 2 atom stereocenters. The van der Waals surface area contributed by atoms with Gasteiger partial charge in [-0.25, -0.2) is 13.1 Å². The van der Waals surface area contributed by atoms with E-state index in [2.05, 4.69) is 20.7 Å². The van der Waals surface area contributed by atoms with Crippen LogP contribution in [0, 0.1) is 0 Å². The number of benzene rings is 1. The molecule has 0 saturated carbocycles. The SMILES string of the molecule is CC1OCCC1(O)CNS(=O)(=O)c1ccccc1Br. The number of ether oxygens (including phenoxy) is 1. The fraction of sp³-hybridized carbons (Fsp3) is 0.500. The van der Waals surface area contributed by atoms with E-state index in [1.54, 1.807) is 25.1 Å². The molecule has 2 N–H and O–H groups in total. The van der Waals surface area contributed by atoms with Crippen molar-refractivity contribution in [1.82, 2.24) is 4.72 Å². The van der Waals surface area contributed by atoms with Crippen molar-refractivity contribution in [2.45, 2.75) is 29.9 Å². The lowest BCUT2D eigenvalue weighted by Gasteiger charge is -2.26. The van der Waals surface area contributed by atoms with Crippen molar-refractivity contribution in [3.63, 3.8) is 0 Å². The van der Waals surface area contributed by atoms with Crippen LogP contribution in [0.2, 0.25) is 0 Å². The Morgan fingerprint density at radius 3 is 2.79 bits per heavy atom. The zero-order chi connectivity index (χ0) is 14.1. The standard InChI is InChI=1S/C12H16BrNO4S/c1-9-12(15,6-7-18-9)8-14-19(16,17)11-5-3-2-4-10(11)13/h2-5,9,14-15H,6-8H2,1H3. The molecular formula is C12H16BrNO4S. The van der Waals surface area contributed by atoms with Gasteiger partial charge in [0.15, 0.2) is 0 Å². The maximum Gasteiger partial charge on any atom is 0.241 e. The molecule has 2 rings (SSSR count). The fourth-order valence-electron chi connectivity index (χ4n) is 1.96. The number of sulfonamides is 1. The van der Waals surface area contributed by atoms with E-state index in [0.717, 1.165) is 0 Å². The second-order valence-corrected chi connectivity index (χ2v) is 7.21. The Morgan fingerprint density at radius 2 is 2.21 bits per heavy atom.